The molecular formula is C23H25F2N3O2. The maximum Gasteiger partial charge on any atom is 0.255 e. The highest BCUT2D eigenvalue weighted by Crippen LogP contribution is 2.26. The number of nitrogens with zero attached hydrogens (tertiary/aromatic N) is 2. The Morgan fingerprint density at radius 1 is 0.900 bits per heavy atom. The summed E-state index contributed by atoms with van der Waals surface area (Å²) in [7, 11) is 0. The molecule has 2 fully saturated rings. The molecule has 1 N–H and O–H groups in total. The van der Waals surface area contributed by atoms with Gasteiger partial charge in [0.05, 0.1) is 5.56 Å². The summed E-state index contributed by atoms with van der Waals surface area (Å²) in [5, 5.41) is 2.87. The van der Waals surface area contributed by atoms with E-state index in [9.17, 15) is 18.4 Å². The predicted molar refractivity (Wildman–Crippen MR) is 111 cm³/mol. The van der Waals surface area contributed by atoms with E-state index in [4.69, 9.17) is 0 Å². The van der Waals surface area contributed by atoms with Gasteiger partial charge in [0.25, 0.3) is 11.8 Å². The minimum atomic E-state index is -0.769. The van der Waals surface area contributed by atoms with Gasteiger partial charge in [-0.2, -0.15) is 0 Å². The van der Waals surface area contributed by atoms with Crippen molar-refractivity contribution >= 4 is 17.5 Å². The first kappa shape index (κ1) is 20.3. The van der Waals surface area contributed by atoms with Gasteiger partial charge in [0.1, 0.15) is 11.6 Å². The second kappa shape index (κ2) is 8.81. The highest BCUT2D eigenvalue weighted by molar-refractivity contribution is 6.00. The minimum Gasteiger partial charge on any atom is -0.371 e. The lowest BCUT2D eigenvalue weighted by Crippen LogP contribution is -2.45. The van der Waals surface area contributed by atoms with Crippen molar-refractivity contribution < 1.29 is 18.4 Å². The van der Waals surface area contributed by atoms with E-state index in [1.807, 2.05) is 29.2 Å². The normalized spacial score (nSPS) is 17.3. The van der Waals surface area contributed by atoms with Gasteiger partial charge in [-0.05, 0) is 49.9 Å². The van der Waals surface area contributed by atoms with Crippen LogP contribution >= 0.6 is 0 Å². The summed E-state index contributed by atoms with van der Waals surface area (Å²) in [6, 6.07) is 10.4. The monoisotopic (exact) mass is 413 g/mol. The number of nitrogens with one attached hydrogen (secondary N) is 1. The van der Waals surface area contributed by atoms with Crippen molar-refractivity contribution in [3.05, 3.63) is 65.2 Å². The fourth-order valence-corrected chi connectivity index (χ4v) is 4.24. The number of rotatable bonds is 4. The van der Waals surface area contributed by atoms with Crippen LogP contribution in [0.5, 0.6) is 0 Å². The van der Waals surface area contributed by atoms with Crippen molar-refractivity contribution in [2.75, 3.05) is 31.1 Å². The number of hydrogen-bond donors (Lipinski definition) is 1. The maximum absolute atomic E-state index is 13.4. The van der Waals surface area contributed by atoms with Crippen LogP contribution in [0.15, 0.2) is 42.5 Å². The van der Waals surface area contributed by atoms with Gasteiger partial charge in [0.2, 0.25) is 0 Å². The third-order valence-electron chi connectivity index (χ3n) is 5.82. The lowest BCUT2D eigenvalue weighted by molar-refractivity contribution is 0.0793. The molecule has 2 amide bonds. The molecule has 2 aromatic carbocycles. The molecule has 0 spiro atoms. The van der Waals surface area contributed by atoms with Crippen molar-refractivity contribution in [2.24, 2.45) is 0 Å². The third kappa shape index (κ3) is 4.45. The molecule has 2 aliphatic rings. The molecule has 0 radical (unpaired) electrons. The third-order valence-corrected chi connectivity index (χ3v) is 5.82. The van der Waals surface area contributed by atoms with Crippen molar-refractivity contribution in [1.82, 2.24) is 10.2 Å². The standard InChI is InChI=1S/C23H25F2N3O2/c24-17-13-16(14-18(25)15-17)22(29)26-19-7-11-27(12-8-19)21-6-2-1-5-20(21)23(30)28-9-3-4-10-28/h1-2,5-6,13-15,19H,3-4,7-12H2,(H,26,29). The van der Waals surface area contributed by atoms with Crippen molar-refractivity contribution in [3.63, 3.8) is 0 Å². The quantitative estimate of drug-likeness (QED) is 0.833. The van der Waals surface area contributed by atoms with Crippen molar-refractivity contribution in [2.45, 2.75) is 31.7 Å². The second-order valence-electron chi connectivity index (χ2n) is 7.91. The Kier molecular flexibility index (Phi) is 5.97. The highest BCUT2D eigenvalue weighted by Gasteiger charge is 2.27. The van der Waals surface area contributed by atoms with Crippen LogP contribution in [0.1, 0.15) is 46.4 Å². The Hall–Kier alpha value is -2.96. The van der Waals surface area contributed by atoms with Gasteiger partial charge in [-0.3, -0.25) is 9.59 Å². The molecule has 5 nitrogen and oxygen atoms in total. The van der Waals surface area contributed by atoms with E-state index in [1.165, 1.54) is 0 Å². The van der Waals surface area contributed by atoms with Gasteiger partial charge in [-0.25, -0.2) is 8.78 Å². The van der Waals surface area contributed by atoms with Gasteiger partial charge >= 0.3 is 0 Å². The average molecular weight is 413 g/mol. The summed E-state index contributed by atoms with van der Waals surface area (Å²) in [6.07, 6.45) is 3.48. The Balaban J connectivity index is 1.39. The molecule has 0 aliphatic carbocycles. The first-order chi connectivity index (χ1) is 14.5. The summed E-state index contributed by atoms with van der Waals surface area (Å²) in [5.74, 6) is -1.94. The minimum absolute atomic E-state index is 0.0171. The fourth-order valence-electron chi connectivity index (χ4n) is 4.24. The first-order valence-electron chi connectivity index (χ1n) is 10.4. The molecule has 0 saturated carbocycles. The van der Waals surface area contributed by atoms with Crippen LogP contribution in [0.2, 0.25) is 0 Å². The number of piperidine rings is 1. The van der Waals surface area contributed by atoms with Gasteiger partial charge in [-0.1, -0.05) is 12.1 Å². The van der Waals surface area contributed by atoms with Crippen molar-refractivity contribution in [1.29, 1.82) is 0 Å². The molecule has 2 aliphatic heterocycles. The fraction of sp³-hybridized carbons (Fsp3) is 0.391. The molecule has 0 aromatic heterocycles. The van der Waals surface area contributed by atoms with E-state index in [0.717, 1.165) is 55.4 Å². The summed E-state index contributed by atoms with van der Waals surface area (Å²) >= 11 is 0. The lowest BCUT2D eigenvalue weighted by Gasteiger charge is -2.35. The number of hydrogen-bond acceptors (Lipinski definition) is 3. The molecule has 4 rings (SSSR count). The van der Waals surface area contributed by atoms with Crippen LogP contribution in [0.25, 0.3) is 0 Å². The number of carbonyl (C=O) groups is 2. The second-order valence-corrected chi connectivity index (χ2v) is 7.91. The van der Waals surface area contributed by atoms with E-state index in [0.29, 0.717) is 25.9 Å². The molecular weight excluding hydrogens is 388 g/mol. The summed E-state index contributed by atoms with van der Waals surface area (Å²) in [6.45, 7) is 2.99. The first-order valence-corrected chi connectivity index (χ1v) is 10.4. The average Bonchev–Trinajstić information content (AvgIpc) is 3.28. The Labute approximate surface area is 174 Å². The number of anilines is 1. The van der Waals surface area contributed by atoms with Crippen LogP contribution in [0.3, 0.4) is 0 Å². The van der Waals surface area contributed by atoms with Crippen LogP contribution in [-0.4, -0.2) is 48.9 Å². The molecule has 2 saturated heterocycles. The molecule has 0 atom stereocenters. The number of carbonyl (C=O) groups excluding carboxylic acids is 2. The number of benzene rings is 2. The van der Waals surface area contributed by atoms with Crippen LogP contribution < -0.4 is 10.2 Å². The molecule has 2 aromatic rings. The molecule has 7 heteroatoms. The van der Waals surface area contributed by atoms with E-state index < -0.39 is 17.5 Å². The van der Waals surface area contributed by atoms with Gasteiger partial charge in [0, 0.05) is 49.5 Å². The maximum atomic E-state index is 13.4. The Morgan fingerprint density at radius 2 is 1.53 bits per heavy atom. The van der Waals surface area contributed by atoms with Gasteiger partial charge < -0.3 is 15.1 Å². The molecule has 0 unspecified atom stereocenters. The van der Waals surface area contributed by atoms with E-state index in [2.05, 4.69) is 10.2 Å². The van der Waals surface area contributed by atoms with E-state index in [-0.39, 0.29) is 17.5 Å². The number of amides is 2. The summed E-state index contributed by atoms with van der Waals surface area (Å²) < 4.78 is 26.7. The molecule has 0 bridgehead atoms. The summed E-state index contributed by atoms with van der Waals surface area (Å²) in [5.41, 5.74) is 1.62. The Bertz CT molecular complexity index is 916. The Morgan fingerprint density at radius 3 is 2.20 bits per heavy atom. The zero-order chi connectivity index (χ0) is 21.1. The number of halogens is 2. The van der Waals surface area contributed by atoms with Crippen LogP contribution in [0.4, 0.5) is 14.5 Å². The zero-order valence-corrected chi connectivity index (χ0v) is 16.7. The molecule has 2 heterocycles. The van der Waals surface area contributed by atoms with E-state index >= 15 is 0 Å². The number of para-hydroxylation sites is 1. The smallest absolute Gasteiger partial charge is 0.255 e. The van der Waals surface area contributed by atoms with Gasteiger partial charge in [-0.15, -0.1) is 0 Å². The van der Waals surface area contributed by atoms with Crippen LogP contribution in [0, 0.1) is 11.6 Å². The van der Waals surface area contributed by atoms with E-state index in [1.54, 1.807) is 0 Å². The van der Waals surface area contributed by atoms with Crippen molar-refractivity contribution in [3.8, 4) is 0 Å². The molecule has 30 heavy (non-hydrogen) atoms. The SMILES string of the molecule is O=C(NC1CCN(c2ccccc2C(=O)N2CCCC2)CC1)c1cc(F)cc(F)c1. The zero-order valence-electron chi connectivity index (χ0n) is 16.7. The summed E-state index contributed by atoms with van der Waals surface area (Å²) in [4.78, 5) is 29.3. The highest BCUT2D eigenvalue weighted by atomic mass is 19.1. The molecule has 158 valence electrons. The topological polar surface area (TPSA) is 52.7 Å². The van der Waals surface area contributed by atoms with Crippen LogP contribution in [-0.2, 0) is 0 Å². The largest absolute Gasteiger partial charge is 0.371 e. The predicted octanol–water partition coefficient (Wildman–Crippen LogP) is 3.60. The van der Waals surface area contributed by atoms with Gasteiger partial charge in [0.15, 0.2) is 0 Å². The lowest BCUT2D eigenvalue weighted by atomic mass is 10.0. The number of likely N-dealkylation sites (tertiary alicyclic amines) is 1.